The molecule has 2 amide bonds. The Hall–Kier alpha value is -1.50. The van der Waals surface area contributed by atoms with Gasteiger partial charge in [-0.1, -0.05) is 57.9 Å². The number of carbonyl (C=O) groups excluding carboxylic acids is 2. The molecule has 1 atom stereocenters. The van der Waals surface area contributed by atoms with Gasteiger partial charge in [0.1, 0.15) is 6.04 Å². The van der Waals surface area contributed by atoms with Crippen molar-refractivity contribution in [3.63, 3.8) is 0 Å². The Morgan fingerprint density at radius 3 is 2.37 bits per heavy atom. The average Bonchev–Trinajstić information content (AvgIpc) is 2.67. The van der Waals surface area contributed by atoms with Crippen LogP contribution in [-0.2, 0) is 21.9 Å². The molecule has 0 aromatic heterocycles. The first-order valence-corrected chi connectivity index (χ1v) is 12.1. The van der Waals surface area contributed by atoms with Crippen molar-refractivity contribution in [2.45, 2.75) is 51.6 Å². The van der Waals surface area contributed by atoms with Gasteiger partial charge in [-0.25, -0.2) is 0 Å². The molecule has 0 saturated carbocycles. The maximum absolute atomic E-state index is 13.1. The molecule has 0 fully saturated rings. The lowest BCUT2D eigenvalue weighted by atomic mass is 10.1. The Kier molecular flexibility index (Phi) is 9.26. The van der Waals surface area contributed by atoms with Crippen LogP contribution in [0.3, 0.4) is 0 Å². The first-order valence-electron chi connectivity index (χ1n) is 9.74. The Bertz CT molecular complexity index is 868. The van der Waals surface area contributed by atoms with Crippen LogP contribution in [0.15, 0.2) is 53.0 Å². The second-order valence-electron chi connectivity index (χ2n) is 8.15. The van der Waals surface area contributed by atoms with Crippen molar-refractivity contribution in [2.75, 3.05) is 5.75 Å². The van der Waals surface area contributed by atoms with Crippen LogP contribution in [0.1, 0.15) is 38.8 Å². The molecule has 0 saturated heterocycles. The molecule has 4 nitrogen and oxygen atoms in total. The van der Waals surface area contributed by atoms with Gasteiger partial charge in [0.25, 0.3) is 0 Å². The molecule has 0 heterocycles. The molecule has 7 heteroatoms. The third-order valence-corrected chi connectivity index (χ3v) is 6.26. The monoisotopic (exact) mass is 510 g/mol. The Morgan fingerprint density at radius 1 is 1.13 bits per heavy atom. The number of carbonyl (C=O) groups is 2. The number of benzene rings is 2. The van der Waals surface area contributed by atoms with E-state index in [1.807, 2.05) is 63.2 Å². The van der Waals surface area contributed by atoms with Crippen LogP contribution < -0.4 is 5.32 Å². The number of thioether (sulfide) groups is 1. The van der Waals surface area contributed by atoms with Crippen LogP contribution >= 0.6 is 39.3 Å². The minimum atomic E-state index is -0.610. The van der Waals surface area contributed by atoms with Crippen molar-refractivity contribution >= 4 is 51.1 Å². The van der Waals surface area contributed by atoms with Gasteiger partial charge in [0.15, 0.2) is 0 Å². The number of amides is 2. The van der Waals surface area contributed by atoms with Gasteiger partial charge in [-0.2, -0.15) is 0 Å². The topological polar surface area (TPSA) is 49.4 Å². The summed E-state index contributed by atoms with van der Waals surface area (Å²) in [6.07, 6.45) is 0. The molecular weight excluding hydrogens is 484 g/mol. The first-order chi connectivity index (χ1) is 14.1. The van der Waals surface area contributed by atoms with Crippen molar-refractivity contribution < 1.29 is 9.59 Å². The quantitative estimate of drug-likeness (QED) is 0.497. The van der Waals surface area contributed by atoms with Crippen LogP contribution in [0.25, 0.3) is 0 Å². The fraction of sp³-hybridized carbons (Fsp3) is 0.391. The van der Waals surface area contributed by atoms with E-state index in [0.717, 1.165) is 21.4 Å². The van der Waals surface area contributed by atoms with E-state index in [4.69, 9.17) is 11.6 Å². The van der Waals surface area contributed by atoms with Crippen LogP contribution in [0.5, 0.6) is 0 Å². The molecule has 0 unspecified atom stereocenters. The number of hydrogen-bond acceptors (Lipinski definition) is 3. The van der Waals surface area contributed by atoms with Gasteiger partial charge in [0.2, 0.25) is 11.8 Å². The molecule has 2 rings (SSSR count). The summed E-state index contributed by atoms with van der Waals surface area (Å²) in [7, 11) is 0. The van der Waals surface area contributed by atoms with Crippen LogP contribution in [0.4, 0.5) is 0 Å². The van der Waals surface area contributed by atoms with Gasteiger partial charge in [0.05, 0.1) is 5.75 Å². The van der Waals surface area contributed by atoms with E-state index in [-0.39, 0.29) is 29.7 Å². The predicted octanol–water partition coefficient (Wildman–Crippen LogP) is 5.67. The van der Waals surface area contributed by atoms with Gasteiger partial charge < -0.3 is 10.2 Å². The van der Waals surface area contributed by atoms with E-state index in [9.17, 15) is 9.59 Å². The van der Waals surface area contributed by atoms with Gasteiger partial charge in [-0.3, -0.25) is 9.59 Å². The highest BCUT2D eigenvalue weighted by Gasteiger charge is 2.28. The molecule has 162 valence electrons. The van der Waals surface area contributed by atoms with Crippen molar-refractivity contribution in [2.24, 2.45) is 0 Å². The van der Waals surface area contributed by atoms with Gasteiger partial charge >= 0.3 is 0 Å². The maximum atomic E-state index is 13.1. The van der Waals surface area contributed by atoms with Crippen molar-refractivity contribution in [1.82, 2.24) is 10.2 Å². The van der Waals surface area contributed by atoms with Crippen molar-refractivity contribution in [1.29, 1.82) is 0 Å². The summed E-state index contributed by atoms with van der Waals surface area (Å²) >= 11 is 11.3. The number of rotatable bonds is 8. The smallest absolute Gasteiger partial charge is 0.242 e. The average molecular weight is 512 g/mol. The molecule has 0 spiro atoms. The molecule has 0 aliphatic heterocycles. The first kappa shape index (κ1) is 24.8. The minimum Gasteiger partial charge on any atom is -0.350 e. The summed E-state index contributed by atoms with van der Waals surface area (Å²) in [5, 5.41) is 3.55. The fourth-order valence-corrected chi connectivity index (χ4v) is 4.12. The highest BCUT2D eigenvalue weighted by atomic mass is 79.9. The molecule has 0 aliphatic rings. The van der Waals surface area contributed by atoms with E-state index >= 15 is 0 Å². The lowest BCUT2D eigenvalue weighted by Gasteiger charge is -2.31. The minimum absolute atomic E-state index is 0.0893. The van der Waals surface area contributed by atoms with Crippen LogP contribution in [-0.4, -0.2) is 34.0 Å². The summed E-state index contributed by atoms with van der Waals surface area (Å²) in [6.45, 7) is 7.81. The molecule has 0 radical (unpaired) electrons. The zero-order valence-corrected chi connectivity index (χ0v) is 20.9. The number of hydrogen-bond donors (Lipinski definition) is 1. The second-order valence-corrected chi connectivity index (χ2v) is 10.5. The van der Waals surface area contributed by atoms with E-state index in [1.54, 1.807) is 17.9 Å². The van der Waals surface area contributed by atoms with Crippen LogP contribution in [0, 0.1) is 0 Å². The zero-order chi connectivity index (χ0) is 22.3. The summed E-state index contributed by atoms with van der Waals surface area (Å²) in [4.78, 5) is 27.5. The molecule has 0 aliphatic carbocycles. The number of nitrogens with zero attached hydrogens (tertiary/aromatic N) is 1. The molecule has 30 heavy (non-hydrogen) atoms. The maximum Gasteiger partial charge on any atom is 0.242 e. The van der Waals surface area contributed by atoms with E-state index in [2.05, 4.69) is 21.2 Å². The zero-order valence-electron chi connectivity index (χ0n) is 17.7. The van der Waals surface area contributed by atoms with Gasteiger partial charge in [0, 0.05) is 27.3 Å². The summed E-state index contributed by atoms with van der Waals surface area (Å²) in [6, 6.07) is 14.8. The summed E-state index contributed by atoms with van der Waals surface area (Å²) in [5.74, 6) is 0.740. The van der Waals surface area contributed by atoms with E-state index in [1.165, 1.54) is 11.8 Å². The van der Waals surface area contributed by atoms with Gasteiger partial charge in [-0.05, 0) is 57.0 Å². The lowest BCUT2D eigenvalue weighted by molar-refractivity contribution is -0.139. The van der Waals surface area contributed by atoms with E-state index < -0.39 is 6.04 Å². The second kappa shape index (κ2) is 11.2. The Balaban J connectivity index is 2.10. The van der Waals surface area contributed by atoms with Crippen molar-refractivity contribution in [3.8, 4) is 0 Å². The Morgan fingerprint density at radius 2 is 1.77 bits per heavy atom. The SMILES string of the molecule is C[C@@H](C(=O)NC(C)(C)C)N(Cc1ccccc1Cl)C(=O)CSCc1ccc(Br)cc1. The largest absolute Gasteiger partial charge is 0.350 e. The summed E-state index contributed by atoms with van der Waals surface area (Å²) in [5.41, 5.74) is 1.59. The third-order valence-electron chi connectivity index (χ3n) is 4.37. The lowest BCUT2D eigenvalue weighted by Crippen LogP contribution is -2.52. The number of halogens is 2. The number of nitrogens with one attached hydrogen (secondary N) is 1. The standard InChI is InChI=1S/C23H28BrClN2O2S/c1-16(22(29)26-23(2,3)4)27(13-18-7-5-6-8-20(18)25)21(28)15-30-14-17-9-11-19(24)12-10-17/h5-12,16H,13-15H2,1-4H3,(H,26,29)/t16-/m0/s1. The fourth-order valence-electron chi connectivity index (χ4n) is 2.79. The molecule has 2 aromatic carbocycles. The third kappa shape index (κ3) is 7.97. The summed E-state index contributed by atoms with van der Waals surface area (Å²) < 4.78 is 1.02. The Labute approximate surface area is 196 Å². The highest BCUT2D eigenvalue weighted by molar-refractivity contribution is 9.10. The normalized spacial score (nSPS) is 12.3. The van der Waals surface area contributed by atoms with Crippen molar-refractivity contribution in [3.05, 3.63) is 69.2 Å². The molecule has 0 bridgehead atoms. The molecule has 2 aromatic rings. The van der Waals surface area contributed by atoms with Gasteiger partial charge in [-0.15, -0.1) is 11.8 Å². The van der Waals surface area contributed by atoms with Crippen LogP contribution in [0.2, 0.25) is 5.02 Å². The predicted molar refractivity (Wildman–Crippen MR) is 130 cm³/mol. The highest BCUT2D eigenvalue weighted by Crippen LogP contribution is 2.21. The molecule has 1 N–H and O–H groups in total. The molecular formula is C23H28BrClN2O2S. The van der Waals surface area contributed by atoms with E-state index in [0.29, 0.717) is 5.02 Å².